The van der Waals surface area contributed by atoms with Crippen molar-refractivity contribution in [1.82, 2.24) is 19.9 Å². The normalized spacial score (nSPS) is 17.4. The van der Waals surface area contributed by atoms with Gasteiger partial charge in [0, 0.05) is 19.3 Å². The van der Waals surface area contributed by atoms with Gasteiger partial charge in [-0.25, -0.2) is 19.9 Å². The summed E-state index contributed by atoms with van der Waals surface area (Å²) in [4.78, 5) is 19.5. The molecule has 0 bridgehead atoms. The molecule has 1 atom stereocenters. The van der Waals surface area contributed by atoms with Crippen molar-refractivity contribution in [2.45, 2.75) is 12.8 Å². The fourth-order valence-corrected chi connectivity index (χ4v) is 3.89. The van der Waals surface area contributed by atoms with E-state index in [2.05, 4.69) is 31.2 Å². The standard InChI is InChI=1S/C16H16N8S/c17-6-10-2-1-5-24(9-10)16-22-11-3-4-19-15(14(11)25-16)23-13-8-20-12(18)7-21-13/h3-4,7-8,10H,1-2,5,9H2,(H2,18,20)(H,19,21,23). The summed E-state index contributed by atoms with van der Waals surface area (Å²) >= 11 is 1.57. The van der Waals surface area contributed by atoms with Crippen LogP contribution in [-0.4, -0.2) is 33.0 Å². The van der Waals surface area contributed by atoms with Crippen LogP contribution < -0.4 is 16.0 Å². The van der Waals surface area contributed by atoms with Crippen LogP contribution in [0.2, 0.25) is 0 Å². The van der Waals surface area contributed by atoms with E-state index in [9.17, 15) is 5.26 Å². The Morgan fingerprint density at radius 2 is 2.24 bits per heavy atom. The molecule has 1 fully saturated rings. The number of nitrogens with zero attached hydrogens (tertiary/aromatic N) is 6. The summed E-state index contributed by atoms with van der Waals surface area (Å²) in [6, 6.07) is 4.26. The van der Waals surface area contributed by atoms with Crippen molar-refractivity contribution in [2.24, 2.45) is 5.92 Å². The number of nitrogens with two attached hydrogens (primary N) is 1. The van der Waals surface area contributed by atoms with Gasteiger partial charge in [0.1, 0.15) is 11.6 Å². The molecule has 4 rings (SSSR count). The van der Waals surface area contributed by atoms with E-state index < -0.39 is 0 Å². The highest BCUT2D eigenvalue weighted by molar-refractivity contribution is 7.22. The lowest BCUT2D eigenvalue weighted by Gasteiger charge is -2.28. The van der Waals surface area contributed by atoms with Crippen molar-refractivity contribution in [3.8, 4) is 6.07 Å². The summed E-state index contributed by atoms with van der Waals surface area (Å²) in [6.45, 7) is 1.66. The van der Waals surface area contributed by atoms with Gasteiger partial charge in [-0.1, -0.05) is 11.3 Å². The minimum absolute atomic E-state index is 0.0709. The molecule has 1 aliphatic heterocycles. The number of aromatic nitrogens is 4. The molecule has 126 valence electrons. The number of nitrogen functional groups attached to an aromatic ring is 1. The maximum Gasteiger partial charge on any atom is 0.186 e. The van der Waals surface area contributed by atoms with Gasteiger partial charge < -0.3 is 16.0 Å². The number of anilines is 4. The summed E-state index contributed by atoms with van der Waals surface area (Å²) in [5, 5.41) is 13.3. The second kappa shape index (κ2) is 6.49. The van der Waals surface area contributed by atoms with Crippen molar-refractivity contribution in [3.05, 3.63) is 24.7 Å². The van der Waals surface area contributed by atoms with E-state index >= 15 is 0 Å². The average molecular weight is 352 g/mol. The number of pyridine rings is 1. The van der Waals surface area contributed by atoms with Crippen LogP contribution in [-0.2, 0) is 0 Å². The largest absolute Gasteiger partial charge is 0.382 e. The molecule has 25 heavy (non-hydrogen) atoms. The van der Waals surface area contributed by atoms with Gasteiger partial charge in [0.25, 0.3) is 0 Å². The Morgan fingerprint density at radius 1 is 1.32 bits per heavy atom. The first kappa shape index (κ1) is 15.5. The molecule has 3 aromatic heterocycles. The number of rotatable bonds is 3. The van der Waals surface area contributed by atoms with E-state index in [0.717, 1.165) is 41.3 Å². The van der Waals surface area contributed by atoms with Gasteiger partial charge in [-0.2, -0.15) is 5.26 Å². The molecule has 4 heterocycles. The molecule has 8 nitrogen and oxygen atoms in total. The second-order valence-corrected chi connectivity index (χ2v) is 6.85. The van der Waals surface area contributed by atoms with Crippen molar-refractivity contribution in [3.63, 3.8) is 0 Å². The number of hydrogen-bond acceptors (Lipinski definition) is 9. The summed E-state index contributed by atoms with van der Waals surface area (Å²) in [6.07, 6.45) is 6.75. The van der Waals surface area contributed by atoms with Crippen molar-refractivity contribution >= 4 is 44.1 Å². The molecule has 0 amide bonds. The molecule has 1 aliphatic rings. The molecule has 0 aromatic carbocycles. The highest BCUT2D eigenvalue weighted by Crippen LogP contribution is 2.35. The zero-order valence-electron chi connectivity index (χ0n) is 13.4. The zero-order chi connectivity index (χ0) is 17.2. The molecule has 9 heteroatoms. The van der Waals surface area contributed by atoms with Crippen LogP contribution in [0, 0.1) is 17.2 Å². The quantitative estimate of drug-likeness (QED) is 0.738. The van der Waals surface area contributed by atoms with Gasteiger partial charge >= 0.3 is 0 Å². The van der Waals surface area contributed by atoms with E-state index in [0.29, 0.717) is 17.5 Å². The zero-order valence-corrected chi connectivity index (χ0v) is 14.2. The Morgan fingerprint density at radius 3 is 3.04 bits per heavy atom. The molecule has 0 saturated carbocycles. The lowest BCUT2D eigenvalue weighted by molar-refractivity contribution is 0.493. The number of hydrogen-bond donors (Lipinski definition) is 2. The summed E-state index contributed by atoms with van der Waals surface area (Å²) in [5.74, 6) is 1.70. The minimum atomic E-state index is 0.0709. The summed E-state index contributed by atoms with van der Waals surface area (Å²) in [7, 11) is 0. The molecule has 0 aliphatic carbocycles. The van der Waals surface area contributed by atoms with Crippen LogP contribution in [0.5, 0.6) is 0 Å². The first-order valence-electron chi connectivity index (χ1n) is 7.97. The molecule has 3 aromatic rings. The van der Waals surface area contributed by atoms with E-state index in [1.165, 1.54) is 6.20 Å². The molecular formula is C16H16N8S. The molecule has 1 saturated heterocycles. The predicted octanol–water partition coefficient (Wildman–Crippen LogP) is 2.55. The average Bonchev–Trinajstić information content (AvgIpc) is 3.09. The van der Waals surface area contributed by atoms with Gasteiger partial charge in [-0.15, -0.1) is 0 Å². The molecular weight excluding hydrogens is 336 g/mol. The fourth-order valence-electron chi connectivity index (χ4n) is 2.85. The molecule has 0 radical (unpaired) electrons. The van der Waals surface area contributed by atoms with Gasteiger partial charge in [0.15, 0.2) is 10.9 Å². The maximum absolute atomic E-state index is 9.19. The third-order valence-electron chi connectivity index (χ3n) is 4.09. The van der Waals surface area contributed by atoms with E-state index in [1.807, 2.05) is 6.07 Å². The predicted molar refractivity (Wildman–Crippen MR) is 97.7 cm³/mol. The Bertz CT molecular complexity index is 929. The van der Waals surface area contributed by atoms with Crippen LogP contribution in [0.15, 0.2) is 24.7 Å². The number of thiazole rings is 1. The SMILES string of the molecule is N#CC1CCCN(c2nc3ccnc(Nc4cnc(N)cn4)c3s2)C1. The first-order valence-corrected chi connectivity index (χ1v) is 8.79. The number of piperidine rings is 1. The van der Waals surface area contributed by atoms with E-state index in [4.69, 9.17) is 10.7 Å². The molecule has 3 N–H and O–H groups in total. The Labute approximate surface area is 148 Å². The van der Waals surface area contributed by atoms with E-state index in [1.54, 1.807) is 23.7 Å². The fraction of sp³-hybridized carbons (Fsp3) is 0.312. The van der Waals surface area contributed by atoms with Crippen LogP contribution in [0.1, 0.15) is 12.8 Å². The number of nitrogens with one attached hydrogen (secondary N) is 1. The van der Waals surface area contributed by atoms with Gasteiger partial charge in [-0.05, 0) is 18.9 Å². The lowest BCUT2D eigenvalue weighted by atomic mass is 10.0. The van der Waals surface area contributed by atoms with Crippen LogP contribution >= 0.6 is 11.3 Å². The maximum atomic E-state index is 9.19. The minimum Gasteiger partial charge on any atom is -0.382 e. The summed E-state index contributed by atoms with van der Waals surface area (Å²) < 4.78 is 0.954. The smallest absolute Gasteiger partial charge is 0.186 e. The number of fused-ring (bicyclic) bond motifs is 1. The topological polar surface area (TPSA) is 117 Å². The Kier molecular flexibility index (Phi) is 4.03. The van der Waals surface area contributed by atoms with Crippen LogP contribution in [0.25, 0.3) is 10.2 Å². The third kappa shape index (κ3) is 3.16. The van der Waals surface area contributed by atoms with Crippen LogP contribution in [0.3, 0.4) is 0 Å². The van der Waals surface area contributed by atoms with Gasteiger partial charge in [0.2, 0.25) is 0 Å². The van der Waals surface area contributed by atoms with Crippen molar-refractivity contribution in [1.29, 1.82) is 5.26 Å². The highest BCUT2D eigenvalue weighted by atomic mass is 32.1. The lowest BCUT2D eigenvalue weighted by Crippen LogP contribution is -2.34. The molecule has 0 spiro atoms. The Balaban J connectivity index is 1.64. The second-order valence-electron chi connectivity index (χ2n) is 5.87. The molecule has 1 unspecified atom stereocenters. The van der Waals surface area contributed by atoms with Crippen molar-refractivity contribution < 1.29 is 0 Å². The van der Waals surface area contributed by atoms with Gasteiger partial charge in [-0.3, -0.25) is 0 Å². The highest BCUT2D eigenvalue weighted by Gasteiger charge is 2.22. The third-order valence-corrected chi connectivity index (χ3v) is 5.22. The summed E-state index contributed by atoms with van der Waals surface area (Å²) in [5.41, 5.74) is 6.44. The van der Waals surface area contributed by atoms with E-state index in [-0.39, 0.29) is 5.92 Å². The first-order chi connectivity index (χ1) is 12.2. The monoisotopic (exact) mass is 352 g/mol. The number of nitriles is 1. The van der Waals surface area contributed by atoms with Gasteiger partial charge in [0.05, 0.1) is 34.6 Å². The van der Waals surface area contributed by atoms with Crippen molar-refractivity contribution in [2.75, 3.05) is 29.0 Å². The van der Waals surface area contributed by atoms with Crippen LogP contribution in [0.4, 0.5) is 22.6 Å². The Hall–Kier alpha value is -2.99.